The topological polar surface area (TPSA) is 79.8 Å². The second-order valence-corrected chi connectivity index (χ2v) is 9.99. The number of rotatable bonds is 5. The van der Waals surface area contributed by atoms with Crippen LogP contribution in [0.25, 0.3) is 10.2 Å². The summed E-state index contributed by atoms with van der Waals surface area (Å²) in [5.74, 6) is -0.114. The van der Waals surface area contributed by atoms with Gasteiger partial charge in [0.1, 0.15) is 5.75 Å². The van der Waals surface area contributed by atoms with Crippen LogP contribution < -0.4 is 9.64 Å². The second-order valence-electron chi connectivity index (χ2n) is 7.05. The minimum atomic E-state index is -3.50. The lowest BCUT2D eigenvalue weighted by Gasteiger charge is -2.15. The van der Waals surface area contributed by atoms with Crippen molar-refractivity contribution in [3.63, 3.8) is 0 Å². The average molecular weight is 432 g/mol. The van der Waals surface area contributed by atoms with E-state index in [0.29, 0.717) is 24.4 Å². The fourth-order valence-corrected chi connectivity index (χ4v) is 5.59. The Bertz CT molecular complexity index is 1150. The zero-order valence-corrected chi connectivity index (χ0v) is 17.8. The maximum absolute atomic E-state index is 12.6. The largest absolute Gasteiger partial charge is 0.423 e. The van der Waals surface area contributed by atoms with E-state index in [-0.39, 0.29) is 4.90 Å². The number of thiazole rings is 1. The maximum Gasteiger partial charge on any atom is 0.343 e. The molecule has 1 aromatic heterocycles. The Morgan fingerprint density at radius 3 is 2.45 bits per heavy atom. The van der Waals surface area contributed by atoms with Gasteiger partial charge < -0.3 is 9.64 Å². The molecule has 1 aliphatic heterocycles. The molecule has 7 nitrogen and oxygen atoms in total. The summed E-state index contributed by atoms with van der Waals surface area (Å²) in [6.45, 7) is 1.09. The zero-order valence-electron chi connectivity index (χ0n) is 16.2. The van der Waals surface area contributed by atoms with Crippen LogP contribution in [0.5, 0.6) is 5.75 Å². The van der Waals surface area contributed by atoms with E-state index in [1.54, 1.807) is 12.1 Å². The number of hydrogen-bond acceptors (Lipinski definition) is 7. The van der Waals surface area contributed by atoms with E-state index in [4.69, 9.17) is 4.74 Å². The average Bonchev–Trinajstić information content (AvgIpc) is 3.38. The van der Waals surface area contributed by atoms with Crippen LogP contribution in [0.3, 0.4) is 0 Å². The molecule has 9 heteroatoms. The van der Waals surface area contributed by atoms with E-state index < -0.39 is 16.0 Å². The number of anilines is 1. The number of aromatic nitrogens is 1. The highest BCUT2D eigenvalue weighted by Crippen LogP contribution is 2.30. The molecule has 0 N–H and O–H groups in total. The highest BCUT2D eigenvalue weighted by Gasteiger charge is 2.27. The summed E-state index contributed by atoms with van der Waals surface area (Å²) in [5, 5.41) is 0.873. The highest BCUT2D eigenvalue weighted by atomic mass is 32.2. The fourth-order valence-electron chi connectivity index (χ4n) is 3.15. The molecular formula is C20H21N3O4S2. The van der Waals surface area contributed by atoms with Gasteiger partial charge in [-0.3, -0.25) is 0 Å². The van der Waals surface area contributed by atoms with E-state index >= 15 is 0 Å². The van der Waals surface area contributed by atoms with Crippen LogP contribution in [0.4, 0.5) is 5.13 Å². The molecule has 0 bridgehead atoms. The highest BCUT2D eigenvalue weighted by molar-refractivity contribution is 7.89. The van der Waals surface area contributed by atoms with Gasteiger partial charge in [-0.25, -0.2) is 18.2 Å². The van der Waals surface area contributed by atoms with Gasteiger partial charge in [0, 0.05) is 33.3 Å². The van der Waals surface area contributed by atoms with E-state index in [0.717, 1.165) is 28.2 Å². The van der Waals surface area contributed by atoms with Crippen molar-refractivity contribution in [2.45, 2.75) is 17.7 Å². The van der Waals surface area contributed by atoms with Crippen LogP contribution >= 0.6 is 11.3 Å². The van der Waals surface area contributed by atoms with Crippen molar-refractivity contribution in [2.24, 2.45) is 0 Å². The monoisotopic (exact) mass is 431 g/mol. The first-order valence-electron chi connectivity index (χ1n) is 9.25. The molecule has 4 rings (SSSR count). The quantitative estimate of drug-likeness (QED) is 0.455. The molecule has 0 aliphatic carbocycles. The number of sulfonamides is 1. The summed E-state index contributed by atoms with van der Waals surface area (Å²) in [6, 6.07) is 11.2. The predicted molar refractivity (Wildman–Crippen MR) is 113 cm³/mol. The van der Waals surface area contributed by atoms with Crippen molar-refractivity contribution < 1.29 is 17.9 Å². The number of fused-ring (bicyclic) bond motifs is 1. The minimum Gasteiger partial charge on any atom is -0.423 e. The molecule has 0 amide bonds. The molecule has 1 fully saturated rings. The summed E-state index contributed by atoms with van der Waals surface area (Å²) >= 11 is 1.51. The molecule has 1 aliphatic rings. The Balaban J connectivity index is 1.50. The molecule has 152 valence electrons. The van der Waals surface area contributed by atoms with Crippen molar-refractivity contribution in [3.8, 4) is 5.75 Å². The number of hydrogen-bond donors (Lipinski definition) is 0. The summed E-state index contributed by atoms with van der Waals surface area (Å²) in [7, 11) is 0.348. The number of ether oxygens (including phenoxy) is 1. The number of esters is 1. The van der Waals surface area contributed by atoms with E-state index in [1.165, 1.54) is 39.9 Å². The van der Waals surface area contributed by atoms with E-state index in [1.807, 2.05) is 25.1 Å². The molecule has 1 saturated heterocycles. The number of benzene rings is 2. The number of carbonyl (C=O) groups is 1. The number of nitrogens with zero attached hydrogens (tertiary/aromatic N) is 3. The van der Waals surface area contributed by atoms with Gasteiger partial charge in [-0.2, -0.15) is 4.31 Å². The fraction of sp³-hybridized carbons (Fsp3) is 0.300. The van der Waals surface area contributed by atoms with Crippen LogP contribution in [0, 0.1) is 0 Å². The van der Waals surface area contributed by atoms with Crippen molar-refractivity contribution in [1.29, 1.82) is 0 Å². The SMILES string of the molecule is CN(C)c1nc2ccc(OC(=O)c3ccc(S(=O)(=O)N4CCCC4)cc3)cc2s1. The van der Waals surface area contributed by atoms with Gasteiger partial charge in [0.05, 0.1) is 20.7 Å². The second kappa shape index (κ2) is 7.74. The standard InChI is InChI=1S/C20H21N3O4S2/c1-22(2)20-21-17-10-7-15(13-18(17)28-20)27-19(24)14-5-8-16(9-6-14)29(25,26)23-11-3-4-12-23/h5-10,13H,3-4,11-12H2,1-2H3. The summed E-state index contributed by atoms with van der Waals surface area (Å²) < 4.78 is 33.0. The molecule has 29 heavy (non-hydrogen) atoms. The third-order valence-electron chi connectivity index (χ3n) is 4.73. The maximum atomic E-state index is 12.6. The molecule has 0 spiro atoms. The smallest absolute Gasteiger partial charge is 0.343 e. The molecular weight excluding hydrogens is 410 g/mol. The van der Waals surface area contributed by atoms with Gasteiger partial charge in [-0.15, -0.1) is 0 Å². The van der Waals surface area contributed by atoms with Crippen LogP contribution in [-0.2, 0) is 10.0 Å². The van der Waals surface area contributed by atoms with Crippen LogP contribution in [-0.4, -0.2) is 50.9 Å². The minimum absolute atomic E-state index is 0.193. The Hall–Kier alpha value is -2.49. The predicted octanol–water partition coefficient (Wildman–Crippen LogP) is 3.37. The Morgan fingerprint density at radius 2 is 1.79 bits per heavy atom. The van der Waals surface area contributed by atoms with Gasteiger partial charge in [-0.1, -0.05) is 11.3 Å². The summed E-state index contributed by atoms with van der Waals surface area (Å²) in [6.07, 6.45) is 1.76. The van der Waals surface area contributed by atoms with Crippen molar-refractivity contribution in [2.75, 3.05) is 32.1 Å². The Kier molecular flexibility index (Phi) is 5.28. The molecule has 2 heterocycles. The lowest BCUT2D eigenvalue weighted by Crippen LogP contribution is -2.27. The Morgan fingerprint density at radius 1 is 1.10 bits per heavy atom. The van der Waals surface area contributed by atoms with Crippen LogP contribution in [0.1, 0.15) is 23.2 Å². The van der Waals surface area contributed by atoms with Gasteiger partial charge in [0.15, 0.2) is 5.13 Å². The first kappa shape index (κ1) is 19.8. The Labute approximate surface area is 173 Å². The normalized spacial score (nSPS) is 15.0. The molecule has 2 aromatic carbocycles. The molecule has 3 aromatic rings. The summed E-state index contributed by atoms with van der Waals surface area (Å²) in [4.78, 5) is 19.1. The molecule has 0 unspecified atom stereocenters. The molecule has 0 atom stereocenters. The number of carbonyl (C=O) groups excluding carboxylic acids is 1. The first-order valence-corrected chi connectivity index (χ1v) is 11.5. The van der Waals surface area contributed by atoms with Crippen LogP contribution in [0.2, 0.25) is 0 Å². The first-order chi connectivity index (χ1) is 13.8. The lowest BCUT2D eigenvalue weighted by atomic mass is 10.2. The zero-order chi connectivity index (χ0) is 20.6. The van der Waals surface area contributed by atoms with E-state index in [9.17, 15) is 13.2 Å². The van der Waals surface area contributed by atoms with Crippen molar-refractivity contribution in [3.05, 3.63) is 48.0 Å². The van der Waals surface area contributed by atoms with Crippen LogP contribution in [0.15, 0.2) is 47.4 Å². The third-order valence-corrected chi connectivity index (χ3v) is 7.83. The van der Waals surface area contributed by atoms with Crippen molar-refractivity contribution >= 4 is 42.7 Å². The molecule has 0 saturated carbocycles. The van der Waals surface area contributed by atoms with Crippen molar-refractivity contribution in [1.82, 2.24) is 9.29 Å². The van der Waals surface area contributed by atoms with Gasteiger partial charge >= 0.3 is 5.97 Å². The lowest BCUT2D eigenvalue weighted by molar-refractivity contribution is 0.0735. The van der Waals surface area contributed by atoms with Gasteiger partial charge in [-0.05, 0) is 49.2 Å². The summed E-state index contributed by atoms with van der Waals surface area (Å²) in [5.41, 5.74) is 1.14. The van der Waals surface area contributed by atoms with Gasteiger partial charge in [0.2, 0.25) is 10.0 Å². The molecule has 0 radical (unpaired) electrons. The van der Waals surface area contributed by atoms with E-state index in [2.05, 4.69) is 4.98 Å². The third kappa shape index (κ3) is 3.98. The van der Waals surface area contributed by atoms with Gasteiger partial charge in [0.25, 0.3) is 0 Å².